The van der Waals surface area contributed by atoms with Crippen molar-refractivity contribution in [1.82, 2.24) is 4.90 Å². The highest BCUT2D eigenvalue weighted by Crippen LogP contribution is 2.40. The van der Waals surface area contributed by atoms with Crippen LogP contribution in [0, 0.1) is 0 Å². The highest BCUT2D eigenvalue weighted by molar-refractivity contribution is 5.77. The molecule has 4 rings (SSSR count). The monoisotopic (exact) mass is 381 g/mol. The van der Waals surface area contributed by atoms with E-state index >= 15 is 0 Å². The smallest absolute Gasteiger partial charge is 0.203 e. The molecule has 3 aromatic rings. The molecule has 2 aromatic carbocycles. The second kappa shape index (κ2) is 8.15. The molecule has 1 aliphatic rings. The van der Waals surface area contributed by atoms with E-state index < -0.39 is 0 Å². The predicted octanol–water partition coefficient (Wildman–Crippen LogP) is 5.19. The number of fused-ring (bicyclic) bond motifs is 1. The molecule has 0 bridgehead atoms. The van der Waals surface area contributed by atoms with Crippen LogP contribution in [-0.4, -0.2) is 32.8 Å². The third kappa shape index (κ3) is 3.54. The van der Waals surface area contributed by atoms with E-state index in [-0.39, 0.29) is 6.04 Å². The van der Waals surface area contributed by atoms with Crippen LogP contribution in [0.5, 0.6) is 17.2 Å². The van der Waals surface area contributed by atoms with Gasteiger partial charge in [-0.05, 0) is 49.2 Å². The Morgan fingerprint density at radius 3 is 2.39 bits per heavy atom. The van der Waals surface area contributed by atoms with E-state index in [1.165, 1.54) is 12.8 Å². The van der Waals surface area contributed by atoms with Crippen LogP contribution in [0.25, 0.3) is 11.0 Å². The summed E-state index contributed by atoms with van der Waals surface area (Å²) < 4.78 is 22.7. The zero-order valence-electron chi connectivity index (χ0n) is 16.7. The SMILES string of the molecule is COc1cc(CN2CCCCC2c2cc3ccccc3o2)cc(OC)c1OC. The van der Waals surface area contributed by atoms with Crippen LogP contribution in [0.15, 0.2) is 46.9 Å². The van der Waals surface area contributed by atoms with Crippen molar-refractivity contribution in [2.45, 2.75) is 31.8 Å². The number of furan rings is 1. The molecule has 1 saturated heterocycles. The average molecular weight is 381 g/mol. The molecule has 0 radical (unpaired) electrons. The maximum Gasteiger partial charge on any atom is 0.203 e. The van der Waals surface area contributed by atoms with Crippen LogP contribution in [0.4, 0.5) is 0 Å². The van der Waals surface area contributed by atoms with Crippen molar-refractivity contribution in [3.05, 3.63) is 53.8 Å². The largest absolute Gasteiger partial charge is 0.493 e. The van der Waals surface area contributed by atoms with E-state index in [9.17, 15) is 0 Å². The zero-order chi connectivity index (χ0) is 19.5. The van der Waals surface area contributed by atoms with Crippen LogP contribution < -0.4 is 14.2 Å². The molecule has 1 aliphatic heterocycles. The summed E-state index contributed by atoms with van der Waals surface area (Å²) >= 11 is 0. The molecule has 0 aliphatic carbocycles. The molecule has 1 fully saturated rings. The first-order chi connectivity index (χ1) is 13.7. The summed E-state index contributed by atoms with van der Waals surface area (Å²) in [7, 11) is 4.93. The Balaban J connectivity index is 1.63. The molecule has 5 heteroatoms. The van der Waals surface area contributed by atoms with E-state index in [0.717, 1.165) is 41.8 Å². The molecule has 0 amide bonds. The Morgan fingerprint density at radius 1 is 0.964 bits per heavy atom. The van der Waals surface area contributed by atoms with Crippen LogP contribution >= 0.6 is 0 Å². The number of rotatable bonds is 6. The summed E-state index contributed by atoms with van der Waals surface area (Å²) in [5.74, 6) is 3.05. The number of ether oxygens (including phenoxy) is 3. The third-order valence-corrected chi connectivity index (χ3v) is 5.50. The number of hydrogen-bond donors (Lipinski definition) is 0. The number of likely N-dealkylation sites (tertiary alicyclic amines) is 1. The van der Waals surface area contributed by atoms with Crippen LogP contribution in [0.1, 0.15) is 36.6 Å². The lowest BCUT2D eigenvalue weighted by molar-refractivity contribution is 0.123. The van der Waals surface area contributed by atoms with Gasteiger partial charge in [-0.15, -0.1) is 0 Å². The van der Waals surface area contributed by atoms with E-state index in [1.54, 1.807) is 21.3 Å². The molecular formula is C23H27NO4. The highest BCUT2D eigenvalue weighted by atomic mass is 16.5. The van der Waals surface area contributed by atoms with Gasteiger partial charge in [0.15, 0.2) is 11.5 Å². The number of benzene rings is 2. The van der Waals surface area contributed by atoms with Gasteiger partial charge in [-0.2, -0.15) is 0 Å². The molecule has 2 heterocycles. The fourth-order valence-electron chi connectivity index (χ4n) is 4.13. The van der Waals surface area contributed by atoms with E-state index in [1.807, 2.05) is 24.3 Å². The Labute approximate surface area is 165 Å². The van der Waals surface area contributed by atoms with Crippen molar-refractivity contribution in [2.24, 2.45) is 0 Å². The van der Waals surface area contributed by atoms with Crippen molar-refractivity contribution >= 4 is 11.0 Å². The molecular weight excluding hydrogens is 354 g/mol. The van der Waals surface area contributed by atoms with Gasteiger partial charge in [0.05, 0.1) is 27.4 Å². The van der Waals surface area contributed by atoms with Gasteiger partial charge in [0.2, 0.25) is 5.75 Å². The maximum absolute atomic E-state index is 6.19. The topological polar surface area (TPSA) is 44.1 Å². The maximum atomic E-state index is 6.19. The Morgan fingerprint density at radius 2 is 1.71 bits per heavy atom. The van der Waals surface area contributed by atoms with Gasteiger partial charge in [0.25, 0.3) is 0 Å². The summed E-state index contributed by atoms with van der Waals surface area (Å²) in [6.07, 6.45) is 3.51. The van der Waals surface area contributed by atoms with Crippen molar-refractivity contribution in [2.75, 3.05) is 27.9 Å². The van der Waals surface area contributed by atoms with E-state index in [2.05, 4.69) is 23.1 Å². The number of hydrogen-bond acceptors (Lipinski definition) is 5. The quantitative estimate of drug-likeness (QED) is 0.588. The van der Waals surface area contributed by atoms with Gasteiger partial charge in [0.1, 0.15) is 11.3 Å². The van der Waals surface area contributed by atoms with Crippen LogP contribution in [-0.2, 0) is 6.54 Å². The minimum Gasteiger partial charge on any atom is -0.493 e. The Kier molecular flexibility index (Phi) is 5.44. The molecule has 28 heavy (non-hydrogen) atoms. The first kappa shape index (κ1) is 18.7. The summed E-state index contributed by atoms with van der Waals surface area (Å²) in [4.78, 5) is 2.49. The summed E-state index contributed by atoms with van der Waals surface area (Å²) in [5.41, 5.74) is 2.09. The normalized spacial score (nSPS) is 17.6. The van der Waals surface area contributed by atoms with Crippen molar-refractivity contribution in [1.29, 1.82) is 0 Å². The lowest BCUT2D eigenvalue weighted by Gasteiger charge is -2.34. The Bertz CT molecular complexity index is 891. The number of nitrogens with zero attached hydrogens (tertiary/aromatic N) is 1. The second-order valence-corrected chi connectivity index (χ2v) is 7.20. The second-order valence-electron chi connectivity index (χ2n) is 7.20. The summed E-state index contributed by atoms with van der Waals surface area (Å²) in [6, 6.07) is 14.7. The lowest BCUT2D eigenvalue weighted by Crippen LogP contribution is -2.32. The number of para-hydroxylation sites is 1. The number of methoxy groups -OCH3 is 3. The molecule has 5 nitrogen and oxygen atoms in total. The van der Waals surface area contributed by atoms with Crippen LogP contribution in [0.3, 0.4) is 0 Å². The van der Waals surface area contributed by atoms with E-state index in [4.69, 9.17) is 18.6 Å². The van der Waals surface area contributed by atoms with Gasteiger partial charge in [-0.25, -0.2) is 0 Å². The van der Waals surface area contributed by atoms with Crippen molar-refractivity contribution < 1.29 is 18.6 Å². The average Bonchev–Trinajstić information content (AvgIpc) is 3.17. The van der Waals surface area contributed by atoms with Gasteiger partial charge in [-0.3, -0.25) is 4.90 Å². The molecule has 0 saturated carbocycles. The Hall–Kier alpha value is -2.66. The fourth-order valence-corrected chi connectivity index (χ4v) is 4.13. The predicted molar refractivity (Wildman–Crippen MR) is 109 cm³/mol. The molecule has 1 aromatic heterocycles. The van der Waals surface area contributed by atoms with Gasteiger partial charge < -0.3 is 18.6 Å². The van der Waals surface area contributed by atoms with Gasteiger partial charge in [0, 0.05) is 11.9 Å². The summed E-state index contributed by atoms with van der Waals surface area (Å²) in [6.45, 7) is 1.84. The minimum absolute atomic E-state index is 0.278. The first-order valence-corrected chi connectivity index (χ1v) is 9.75. The van der Waals surface area contributed by atoms with Crippen molar-refractivity contribution in [3.8, 4) is 17.2 Å². The summed E-state index contributed by atoms with van der Waals surface area (Å²) in [5, 5.41) is 1.16. The standard InChI is InChI=1S/C23H27NO4/c1-25-21-12-16(13-22(26-2)23(21)27-3)15-24-11-7-6-9-18(24)20-14-17-8-4-5-10-19(17)28-20/h4-5,8,10,12-14,18H,6-7,9,11,15H2,1-3H3. The van der Waals surface area contributed by atoms with Gasteiger partial charge >= 0.3 is 0 Å². The molecule has 0 N–H and O–H groups in total. The van der Waals surface area contributed by atoms with Crippen molar-refractivity contribution in [3.63, 3.8) is 0 Å². The molecule has 0 spiro atoms. The molecule has 148 valence electrons. The minimum atomic E-state index is 0.278. The molecule has 1 atom stereocenters. The van der Waals surface area contributed by atoms with Crippen LogP contribution in [0.2, 0.25) is 0 Å². The van der Waals surface area contributed by atoms with E-state index in [0.29, 0.717) is 17.2 Å². The third-order valence-electron chi connectivity index (χ3n) is 5.50. The number of piperidine rings is 1. The zero-order valence-corrected chi connectivity index (χ0v) is 16.7. The first-order valence-electron chi connectivity index (χ1n) is 9.75. The lowest BCUT2D eigenvalue weighted by atomic mass is 9.98. The van der Waals surface area contributed by atoms with Gasteiger partial charge in [-0.1, -0.05) is 24.6 Å². The molecule has 1 unspecified atom stereocenters. The fraction of sp³-hybridized carbons (Fsp3) is 0.391. The highest BCUT2D eigenvalue weighted by Gasteiger charge is 2.27.